The van der Waals surface area contributed by atoms with Gasteiger partial charge in [-0.15, -0.1) is 0 Å². The fourth-order valence-electron chi connectivity index (χ4n) is 2.54. The van der Waals surface area contributed by atoms with Crippen molar-refractivity contribution in [3.05, 3.63) is 40.6 Å². The Morgan fingerprint density at radius 1 is 1.32 bits per heavy atom. The molecule has 1 aliphatic rings. The zero-order valence-electron chi connectivity index (χ0n) is 12.0. The Kier molecular flexibility index (Phi) is 2.98. The van der Waals surface area contributed by atoms with E-state index in [2.05, 4.69) is 6.07 Å². The molecule has 0 aliphatic carbocycles. The number of allylic oxidation sites excluding steroid dienone is 2. The van der Waals surface area contributed by atoms with E-state index in [9.17, 15) is 10.1 Å². The van der Waals surface area contributed by atoms with Gasteiger partial charge >= 0.3 is 0 Å². The number of nitrogens with zero attached hydrogens (tertiary/aromatic N) is 2. The normalized spacial score (nSPS) is 16.0. The van der Waals surface area contributed by atoms with Crippen LogP contribution in [0.3, 0.4) is 0 Å². The van der Waals surface area contributed by atoms with Crippen LogP contribution >= 0.6 is 0 Å². The van der Waals surface area contributed by atoms with Crippen molar-refractivity contribution in [1.29, 1.82) is 5.26 Å². The first-order valence-corrected chi connectivity index (χ1v) is 6.34. The number of aryl methyl sites for hydroxylation is 1. The van der Waals surface area contributed by atoms with E-state index in [-0.39, 0.29) is 5.78 Å². The molecule has 0 radical (unpaired) electrons. The Hall–Kier alpha value is -2.08. The summed E-state index contributed by atoms with van der Waals surface area (Å²) >= 11 is 0. The number of benzene rings is 1. The van der Waals surface area contributed by atoms with Crippen LogP contribution in [0.1, 0.15) is 43.6 Å². The number of ketones is 1. The highest BCUT2D eigenvalue weighted by Crippen LogP contribution is 2.42. The highest BCUT2D eigenvalue weighted by molar-refractivity contribution is 6.14. The Morgan fingerprint density at radius 2 is 1.95 bits per heavy atom. The summed E-state index contributed by atoms with van der Waals surface area (Å²) in [6, 6.07) is 8.03. The number of rotatable bonds is 1. The molecule has 3 heteroatoms. The summed E-state index contributed by atoms with van der Waals surface area (Å²) in [7, 11) is 0. The van der Waals surface area contributed by atoms with Crippen LogP contribution in [0.4, 0.5) is 5.69 Å². The van der Waals surface area contributed by atoms with Gasteiger partial charge in [0.15, 0.2) is 5.78 Å². The minimum absolute atomic E-state index is 0.0696. The second-order valence-corrected chi connectivity index (χ2v) is 5.70. The van der Waals surface area contributed by atoms with Crippen LogP contribution in [0.25, 0.3) is 0 Å². The quantitative estimate of drug-likeness (QED) is 0.719. The third-order valence-electron chi connectivity index (χ3n) is 3.56. The lowest BCUT2D eigenvalue weighted by Crippen LogP contribution is -2.44. The van der Waals surface area contributed by atoms with Gasteiger partial charge in [-0.2, -0.15) is 5.26 Å². The van der Waals surface area contributed by atoms with E-state index in [1.165, 1.54) is 0 Å². The maximum atomic E-state index is 12.6. The van der Waals surface area contributed by atoms with Gasteiger partial charge in [0.05, 0.1) is 5.69 Å². The molecule has 0 N–H and O–H groups in total. The predicted octanol–water partition coefficient (Wildman–Crippen LogP) is 3.59. The lowest BCUT2D eigenvalue weighted by Gasteiger charge is -2.32. The second-order valence-electron chi connectivity index (χ2n) is 5.70. The van der Waals surface area contributed by atoms with Gasteiger partial charge in [-0.3, -0.25) is 4.79 Å². The molecule has 0 saturated carbocycles. The summed E-state index contributed by atoms with van der Waals surface area (Å²) in [4.78, 5) is 14.4. The summed E-state index contributed by atoms with van der Waals surface area (Å²) in [5.74, 6) is 0.0696. The average molecular weight is 254 g/mol. The average Bonchev–Trinajstić information content (AvgIpc) is 2.51. The molecule has 0 fully saturated rings. The Labute approximate surface area is 114 Å². The van der Waals surface area contributed by atoms with Crippen molar-refractivity contribution in [3.8, 4) is 6.07 Å². The molecule has 1 heterocycles. The van der Waals surface area contributed by atoms with E-state index in [0.29, 0.717) is 11.3 Å². The van der Waals surface area contributed by atoms with E-state index >= 15 is 0 Å². The molecule has 1 aromatic rings. The van der Waals surface area contributed by atoms with Gasteiger partial charge in [-0.25, -0.2) is 0 Å². The monoisotopic (exact) mass is 254 g/mol. The summed E-state index contributed by atoms with van der Waals surface area (Å²) in [5, 5.41) is 9.39. The molecule has 98 valence electrons. The molecule has 0 spiro atoms. The summed E-state index contributed by atoms with van der Waals surface area (Å²) in [6.45, 7) is 9.49. The maximum Gasteiger partial charge on any atom is 0.190 e. The largest absolute Gasteiger partial charge is 0.319 e. The van der Waals surface area contributed by atoms with E-state index < -0.39 is 5.54 Å². The number of carbonyl (C=O) groups excluding carboxylic acids is 1. The number of hydrogen-bond donors (Lipinski definition) is 0. The van der Waals surface area contributed by atoms with Crippen molar-refractivity contribution in [2.24, 2.45) is 0 Å². The standard InChI is InChI=1S/C16H18N2O/c1-10(2)14(9-17)18-13-7-6-11(3)8-12(13)15(19)16(18,4)5/h6-8H,1-5H3. The van der Waals surface area contributed by atoms with E-state index in [1.807, 2.05) is 57.7 Å². The molecule has 2 rings (SSSR count). The van der Waals surface area contributed by atoms with Gasteiger partial charge in [-0.1, -0.05) is 11.6 Å². The first-order valence-electron chi connectivity index (χ1n) is 6.34. The fourth-order valence-corrected chi connectivity index (χ4v) is 2.54. The third kappa shape index (κ3) is 1.84. The lowest BCUT2D eigenvalue weighted by molar-refractivity contribution is 0.0928. The van der Waals surface area contributed by atoms with Crippen LogP contribution in [0.2, 0.25) is 0 Å². The van der Waals surface area contributed by atoms with Gasteiger partial charge < -0.3 is 4.90 Å². The minimum atomic E-state index is -0.710. The number of anilines is 1. The highest BCUT2D eigenvalue weighted by atomic mass is 16.1. The lowest BCUT2D eigenvalue weighted by atomic mass is 9.96. The smallest absolute Gasteiger partial charge is 0.190 e. The van der Waals surface area contributed by atoms with Crippen molar-refractivity contribution >= 4 is 11.5 Å². The molecule has 0 amide bonds. The van der Waals surface area contributed by atoms with E-state index in [0.717, 1.165) is 16.8 Å². The fraction of sp³-hybridized carbons (Fsp3) is 0.375. The summed E-state index contributed by atoms with van der Waals surface area (Å²) < 4.78 is 0. The zero-order chi connectivity index (χ0) is 14.4. The molecule has 0 atom stereocenters. The number of nitriles is 1. The number of fused-ring (bicyclic) bond motifs is 1. The first kappa shape index (κ1) is 13.4. The Morgan fingerprint density at radius 3 is 2.47 bits per heavy atom. The van der Waals surface area contributed by atoms with Crippen LogP contribution < -0.4 is 4.90 Å². The summed E-state index contributed by atoms with van der Waals surface area (Å²) in [6.07, 6.45) is 0. The van der Waals surface area contributed by atoms with Crippen molar-refractivity contribution in [2.45, 2.75) is 40.2 Å². The van der Waals surface area contributed by atoms with Crippen LogP contribution in [0.15, 0.2) is 29.5 Å². The van der Waals surface area contributed by atoms with Crippen molar-refractivity contribution in [1.82, 2.24) is 0 Å². The van der Waals surface area contributed by atoms with Crippen LogP contribution in [0, 0.1) is 18.3 Å². The zero-order valence-corrected chi connectivity index (χ0v) is 12.0. The van der Waals surface area contributed by atoms with Gasteiger partial charge in [-0.05, 0) is 52.3 Å². The predicted molar refractivity (Wildman–Crippen MR) is 76.1 cm³/mol. The van der Waals surface area contributed by atoms with Crippen LogP contribution in [-0.4, -0.2) is 11.3 Å². The Bertz CT molecular complexity index is 629. The van der Waals surface area contributed by atoms with Gasteiger partial charge in [0.25, 0.3) is 0 Å². The van der Waals surface area contributed by atoms with Gasteiger partial charge in [0.1, 0.15) is 17.3 Å². The van der Waals surface area contributed by atoms with Crippen molar-refractivity contribution < 1.29 is 4.79 Å². The van der Waals surface area contributed by atoms with Gasteiger partial charge in [0.2, 0.25) is 0 Å². The number of carbonyl (C=O) groups is 1. The molecule has 0 unspecified atom stereocenters. The number of hydrogen-bond acceptors (Lipinski definition) is 3. The van der Waals surface area contributed by atoms with E-state index in [4.69, 9.17) is 0 Å². The molecule has 1 aromatic carbocycles. The van der Waals surface area contributed by atoms with Crippen LogP contribution in [0.5, 0.6) is 0 Å². The molecule has 19 heavy (non-hydrogen) atoms. The second kappa shape index (κ2) is 4.24. The molecule has 3 nitrogen and oxygen atoms in total. The minimum Gasteiger partial charge on any atom is -0.319 e. The molecule has 0 aromatic heterocycles. The third-order valence-corrected chi connectivity index (χ3v) is 3.56. The van der Waals surface area contributed by atoms with Crippen molar-refractivity contribution in [3.63, 3.8) is 0 Å². The molecule has 1 aliphatic heterocycles. The highest BCUT2D eigenvalue weighted by Gasteiger charge is 2.45. The molecular weight excluding hydrogens is 236 g/mol. The van der Waals surface area contributed by atoms with Gasteiger partial charge in [0, 0.05) is 5.56 Å². The Balaban J connectivity index is 2.74. The molecule has 0 bridgehead atoms. The van der Waals surface area contributed by atoms with E-state index in [1.54, 1.807) is 0 Å². The maximum absolute atomic E-state index is 12.6. The molecule has 0 saturated heterocycles. The van der Waals surface area contributed by atoms with Crippen molar-refractivity contribution in [2.75, 3.05) is 4.90 Å². The summed E-state index contributed by atoms with van der Waals surface area (Å²) in [5.41, 5.74) is 3.36. The SMILES string of the molecule is CC(C)=C(C#N)N1c2ccc(C)cc2C(=O)C1(C)C. The first-order chi connectivity index (χ1) is 8.80. The topological polar surface area (TPSA) is 44.1 Å². The van der Waals surface area contributed by atoms with Crippen LogP contribution in [-0.2, 0) is 0 Å². The molecular formula is C16H18N2O. The number of Topliss-reactive ketones (excluding diaryl/α,β-unsaturated/α-hetero) is 1.